The molecule has 3 aromatic heterocycles. The molecular weight excluding hydrogens is 854 g/mol. The number of carbonyl (C=O) groups is 5. The van der Waals surface area contributed by atoms with Gasteiger partial charge in [0.2, 0.25) is 5.91 Å². The van der Waals surface area contributed by atoms with Crippen LogP contribution < -0.4 is 14.7 Å². The summed E-state index contributed by atoms with van der Waals surface area (Å²) in [4.78, 5) is 83.7. The standard InChI is InChI=1S/C49H53F3N8O6/c1-56(20-7-3-4-8-21-57(2)48(66)49(50,51)52)45(63)38-26-32-30-18-23-59(42(30)15-12-35(32)53-38)47(65)40-28-34-31-19-24-60(43(31)16-13-37(34)55-40)46(64)39-27-33-29-17-22-58(41(29)14-11-36(33)54-39)44(62)10-6-5-9-25-61/h11-16,26-28,53-55,61H,3-10,17-25H2,1-2H3. The first kappa shape index (κ1) is 44.6. The number of aliphatic hydroxyl groups is 1. The molecule has 0 saturated carbocycles. The summed E-state index contributed by atoms with van der Waals surface area (Å²) in [6.45, 7) is 2.15. The summed E-state index contributed by atoms with van der Waals surface area (Å²) in [5.41, 5.74) is 9.25. The molecule has 5 amide bonds. The third-order valence-electron chi connectivity index (χ3n) is 13.5. The van der Waals surface area contributed by atoms with Crippen molar-refractivity contribution in [1.29, 1.82) is 0 Å². The first-order valence-electron chi connectivity index (χ1n) is 22.8. The van der Waals surface area contributed by atoms with Gasteiger partial charge in [0.1, 0.15) is 17.1 Å². The summed E-state index contributed by atoms with van der Waals surface area (Å²) >= 11 is 0. The van der Waals surface area contributed by atoms with Crippen LogP contribution in [0, 0.1) is 0 Å². The van der Waals surface area contributed by atoms with E-state index in [9.17, 15) is 37.1 Å². The van der Waals surface area contributed by atoms with Gasteiger partial charge < -0.3 is 44.6 Å². The Balaban J connectivity index is 0.844. The number of aromatic amines is 3. The predicted octanol–water partition coefficient (Wildman–Crippen LogP) is 7.63. The summed E-state index contributed by atoms with van der Waals surface area (Å²) in [5.74, 6) is -2.30. The number of amides is 5. The summed E-state index contributed by atoms with van der Waals surface area (Å²) in [5, 5.41) is 11.8. The minimum atomic E-state index is -4.88. The number of H-pyrrole nitrogens is 3. The maximum absolute atomic E-state index is 14.2. The van der Waals surface area contributed by atoms with Crippen LogP contribution in [0.3, 0.4) is 0 Å². The average molecular weight is 907 g/mol. The Kier molecular flexibility index (Phi) is 12.1. The molecule has 66 heavy (non-hydrogen) atoms. The second-order valence-electron chi connectivity index (χ2n) is 17.7. The monoisotopic (exact) mass is 906 g/mol. The molecule has 3 aromatic carbocycles. The molecule has 0 bridgehead atoms. The molecule has 14 nitrogen and oxygen atoms in total. The second-order valence-corrected chi connectivity index (χ2v) is 17.7. The smallest absolute Gasteiger partial charge is 0.396 e. The lowest BCUT2D eigenvalue weighted by Gasteiger charge is -2.19. The third kappa shape index (κ3) is 8.28. The third-order valence-corrected chi connectivity index (χ3v) is 13.5. The van der Waals surface area contributed by atoms with Crippen molar-refractivity contribution in [3.05, 3.63) is 88.4 Å². The van der Waals surface area contributed by atoms with Crippen LogP contribution in [0.4, 0.5) is 30.2 Å². The Morgan fingerprint density at radius 1 is 0.576 bits per heavy atom. The highest BCUT2D eigenvalue weighted by atomic mass is 19.4. The fourth-order valence-corrected chi connectivity index (χ4v) is 10.0. The lowest BCUT2D eigenvalue weighted by Crippen LogP contribution is -2.38. The van der Waals surface area contributed by atoms with Gasteiger partial charge in [0.25, 0.3) is 17.7 Å². The highest BCUT2D eigenvalue weighted by molar-refractivity contribution is 6.14. The molecule has 4 N–H and O–H groups in total. The molecule has 17 heteroatoms. The molecular formula is C49H53F3N8O6. The fraction of sp³-hybridized carbons (Fsp3) is 0.408. The SMILES string of the molecule is CN(CCCCCCN(C)C(=O)C(F)(F)F)C(=O)c1cc2c3c(ccc2[nH]1)N(C(=O)c1cc2c4c(ccc2[nH]1)N(C(=O)c1cc2c5c(ccc2[nH]1)N(C(=O)CCCCCO)CC5)CC4)CC3. The first-order valence-corrected chi connectivity index (χ1v) is 22.8. The van der Waals surface area contributed by atoms with Crippen LogP contribution in [0.1, 0.15) is 99.5 Å². The fourth-order valence-electron chi connectivity index (χ4n) is 10.0. The van der Waals surface area contributed by atoms with Gasteiger partial charge in [-0.15, -0.1) is 0 Å². The van der Waals surface area contributed by atoms with Crippen LogP contribution in [0.5, 0.6) is 0 Å². The minimum absolute atomic E-state index is 0.0129. The van der Waals surface area contributed by atoms with Crippen LogP contribution in [-0.4, -0.2) is 119 Å². The topological polar surface area (TPSA) is 169 Å². The van der Waals surface area contributed by atoms with Crippen molar-refractivity contribution >= 4 is 79.3 Å². The number of halogens is 3. The number of anilines is 3. The number of benzene rings is 3. The number of alkyl halides is 3. The summed E-state index contributed by atoms with van der Waals surface area (Å²) in [6, 6.07) is 17.1. The number of nitrogens with one attached hydrogen (secondary N) is 3. The number of aliphatic hydroxyl groups excluding tert-OH is 1. The number of rotatable bonds is 15. The van der Waals surface area contributed by atoms with Gasteiger partial charge in [0.15, 0.2) is 0 Å². The summed E-state index contributed by atoms with van der Waals surface area (Å²) < 4.78 is 37.9. The molecule has 0 spiro atoms. The van der Waals surface area contributed by atoms with E-state index >= 15 is 0 Å². The van der Waals surface area contributed by atoms with E-state index in [4.69, 9.17) is 5.11 Å². The molecule has 0 radical (unpaired) electrons. The Hall–Kier alpha value is -6.62. The minimum Gasteiger partial charge on any atom is -0.396 e. The van der Waals surface area contributed by atoms with Crippen molar-refractivity contribution in [2.45, 2.75) is 76.8 Å². The molecule has 346 valence electrons. The quantitative estimate of drug-likeness (QED) is 0.0773. The van der Waals surface area contributed by atoms with E-state index < -0.39 is 12.1 Å². The number of carbonyl (C=O) groups excluding carboxylic acids is 5. The van der Waals surface area contributed by atoms with Gasteiger partial charge >= 0.3 is 12.1 Å². The van der Waals surface area contributed by atoms with Crippen molar-refractivity contribution in [1.82, 2.24) is 24.8 Å². The van der Waals surface area contributed by atoms with Gasteiger partial charge in [-0.25, -0.2) is 0 Å². The van der Waals surface area contributed by atoms with Crippen molar-refractivity contribution < 1.29 is 42.3 Å². The number of aromatic nitrogens is 3. The highest BCUT2D eigenvalue weighted by Gasteiger charge is 2.41. The zero-order valence-corrected chi connectivity index (χ0v) is 37.1. The molecule has 0 atom stereocenters. The normalized spacial score (nSPS) is 14.4. The van der Waals surface area contributed by atoms with Crippen LogP contribution in [0.15, 0.2) is 54.6 Å². The molecule has 3 aliphatic heterocycles. The maximum atomic E-state index is 14.2. The second kappa shape index (κ2) is 18.0. The molecule has 0 unspecified atom stereocenters. The number of fused-ring (bicyclic) bond motifs is 9. The Morgan fingerprint density at radius 3 is 1.48 bits per heavy atom. The first-order chi connectivity index (χ1) is 31.7. The van der Waals surface area contributed by atoms with E-state index in [1.54, 1.807) is 21.7 Å². The lowest BCUT2D eigenvalue weighted by atomic mass is 10.1. The highest BCUT2D eigenvalue weighted by Crippen LogP contribution is 2.40. The molecule has 0 fully saturated rings. The van der Waals surface area contributed by atoms with Crippen LogP contribution >= 0.6 is 0 Å². The van der Waals surface area contributed by atoms with Crippen molar-refractivity contribution in [2.75, 3.05) is 68.1 Å². The van der Waals surface area contributed by atoms with Gasteiger partial charge in [0.05, 0.1) is 0 Å². The summed E-state index contributed by atoms with van der Waals surface area (Å²) in [7, 11) is 2.85. The van der Waals surface area contributed by atoms with E-state index in [0.29, 0.717) is 106 Å². The van der Waals surface area contributed by atoms with E-state index in [-0.39, 0.29) is 36.8 Å². The number of unbranched alkanes of at least 4 members (excludes halogenated alkanes) is 5. The molecule has 0 aliphatic carbocycles. The molecule has 0 saturated heterocycles. The Morgan fingerprint density at radius 2 is 1.00 bits per heavy atom. The Labute approximate surface area is 378 Å². The molecule has 6 aromatic rings. The number of hydrogen-bond donors (Lipinski definition) is 4. The van der Waals surface area contributed by atoms with E-state index in [1.165, 1.54) is 0 Å². The molecule has 3 aliphatic rings. The molecule has 9 rings (SSSR count). The van der Waals surface area contributed by atoms with Crippen LogP contribution in [-0.2, 0) is 28.9 Å². The van der Waals surface area contributed by atoms with Crippen LogP contribution in [0.25, 0.3) is 32.7 Å². The lowest BCUT2D eigenvalue weighted by molar-refractivity contribution is -0.184. The van der Waals surface area contributed by atoms with E-state index in [1.807, 2.05) is 59.5 Å². The van der Waals surface area contributed by atoms with Crippen molar-refractivity contribution in [2.24, 2.45) is 0 Å². The van der Waals surface area contributed by atoms with Gasteiger partial charge in [-0.3, -0.25) is 24.0 Å². The molecule has 6 heterocycles. The predicted molar refractivity (Wildman–Crippen MR) is 246 cm³/mol. The van der Waals surface area contributed by atoms with Crippen molar-refractivity contribution in [3.63, 3.8) is 0 Å². The van der Waals surface area contributed by atoms with E-state index in [2.05, 4.69) is 15.0 Å². The Bertz CT molecular complexity index is 2900. The maximum Gasteiger partial charge on any atom is 0.471 e. The summed E-state index contributed by atoms with van der Waals surface area (Å²) in [6.07, 6.45) is 2.14. The number of hydrogen-bond acceptors (Lipinski definition) is 6. The zero-order valence-electron chi connectivity index (χ0n) is 37.1. The van der Waals surface area contributed by atoms with Crippen LogP contribution in [0.2, 0.25) is 0 Å². The number of nitrogens with zero attached hydrogens (tertiary/aromatic N) is 5. The van der Waals surface area contributed by atoms with Gasteiger partial charge in [-0.05, 0) is 116 Å². The van der Waals surface area contributed by atoms with Crippen molar-refractivity contribution in [3.8, 4) is 0 Å². The van der Waals surface area contributed by atoms with Gasteiger partial charge in [-0.2, -0.15) is 13.2 Å². The average Bonchev–Trinajstić information content (AvgIpc) is 4.16. The van der Waals surface area contributed by atoms with Gasteiger partial charge in [-0.1, -0.05) is 19.3 Å². The zero-order chi connectivity index (χ0) is 46.4. The van der Waals surface area contributed by atoms with E-state index in [0.717, 1.165) is 86.4 Å². The largest absolute Gasteiger partial charge is 0.471 e. The van der Waals surface area contributed by atoms with Gasteiger partial charge in [0, 0.05) is 110 Å².